The van der Waals surface area contributed by atoms with Crippen molar-refractivity contribution in [2.45, 2.75) is 32.1 Å². The summed E-state index contributed by atoms with van der Waals surface area (Å²) >= 11 is 0. The Balaban J connectivity index is 1.93. The Hall–Kier alpha value is -1.28. The second kappa shape index (κ2) is 4.77. The standard InChI is InChI=1S/C16H21NO/c1-11-6-7-15-13(8-11)9-16(18-15)14-5-3-4-12(14)10-17-2/h6-9,12,14,17H,3-5,10H2,1-2H3. The van der Waals surface area contributed by atoms with Gasteiger partial charge in [0.2, 0.25) is 0 Å². The summed E-state index contributed by atoms with van der Waals surface area (Å²) in [5.41, 5.74) is 2.33. The molecule has 2 unspecified atom stereocenters. The van der Waals surface area contributed by atoms with Gasteiger partial charge in [0, 0.05) is 11.3 Å². The van der Waals surface area contributed by atoms with Crippen LogP contribution in [-0.2, 0) is 0 Å². The number of hydrogen-bond acceptors (Lipinski definition) is 2. The van der Waals surface area contributed by atoms with Gasteiger partial charge in [0.05, 0.1) is 0 Å². The predicted molar refractivity (Wildman–Crippen MR) is 75.0 cm³/mol. The molecule has 0 saturated heterocycles. The van der Waals surface area contributed by atoms with Gasteiger partial charge in [0.1, 0.15) is 11.3 Å². The van der Waals surface area contributed by atoms with E-state index >= 15 is 0 Å². The molecule has 1 aromatic heterocycles. The molecule has 1 fully saturated rings. The lowest BCUT2D eigenvalue weighted by molar-refractivity contribution is 0.399. The molecule has 2 aromatic rings. The van der Waals surface area contributed by atoms with Gasteiger partial charge in [-0.1, -0.05) is 18.1 Å². The molecule has 0 aliphatic heterocycles. The van der Waals surface area contributed by atoms with Crippen molar-refractivity contribution in [2.24, 2.45) is 5.92 Å². The highest BCUT2D eigenvalue weighted by Crippen LogP contribution is 2.41. The maximum absolute atomic E-state index is 6.06. The summed E-state index contributed by atoms with van der Waals surface area (Å²) < 4.78 is 6.06. The monoisotopic (exact) mass is 243 g/mol. The third-order valence-corrected chi connectivity index (χ3v) is 4.18. The lowest BCUT2D eigenvalue weighted by atomic mass is 9.93. The number of nitrogens with one attached hydrogen (secondary N) is 1. The van der Waals surface area contributed by atoms with Gasteiger partial charge < -0.3 is 9.73 Å². The third kappa shape index (κ3) is 2.05. The van der Waals surface area contributed by atoms with Crippen molar-refractivity contribution >= 4 is 11.0 Å². The first kappa shape index (κ1) is 11.8. The largest absolute Gasteiger partial charge is 0.461 e. The molecule has 1 aromatic carbocycles. The van der Waals surface area contributed by atoms with Crippen LogP contribution in [0.4, 0.5) is 0 Å². The van der Waals surface area contributed by atoms with Crippen molar-refractivity contribution < 1.29 is 4.42 Å². The Morgan fingerprint density at radius 3 is 3.00 bits per heavy atom. The molecule has 1 aliphatic carbocycles. The predicted octanol–water partition coefficient (Wildman–Crippen LogP) is 3.84. The fourth-order valence-electron chi connectivity index (χ4n) is 3.28. The molecular formula is C16H21NO. The highest BCUT2D eigenvalue weighted by Gasteiger charge is 2.30. The van der Waals surface area contributed by atoms with Crippen LogP contribution in [0.5, 0.6) is 0 Å². The van der Waals surface area contributed by atoms with Crippen LogP contribution in [0.2, 0.25) is 0 Å². The maximum Gasteiger partial charge on any atom is 0.134 e. The zero-order chi connectivity index (χ0) is 12.5. The first-order valence-electron chi connectivity index (χ1n) is 6.92. The molecule has 1 heterocycles. The SMILES string of the molecule is CNCC1CCCC1c1cc2cc(C)ccc2o1. The second-order valence-corrected chi connectivity index (χ2v) is 5.55. The van der Waals surface area contributed by atoms with E-state index in [2.05, 4.69) is 36.5 Å². The molecule has 2 nitrogen and oxygen atoms in total. The zero-order valence-corrected chi connectivity index (χ0v) is 11.2. The summed E-state index contributed by atoms with van der Waals surface area (Å²) in [5, 5.41) is 4.56. The highest BCUT2D eigenvalue weighted by atomic mass is 16.3. The van der Waals surface area contributed by atoms with Crippen molar-refractivity contribution in [2.75, 3.05) is 13.6 Å². The van der Waals surface area contributed by atoms with Gasteiger partial charge in [-0.25, -0.2) is 0 Å². The van der Waals surface area contributed by atoms with Crippen LogP contribution in [0.25, 0.3) is 11.0 Å². The van der Waals surface area contributed by atoms with Crippen LogP contribution in [0.3, 0.4) is 0 Å². The lowest BCUT2D eigenvalue weighted by Crippen LogP contribution is -2.20. The molecule has 2 atom stereocenters. The molecule has 96 valence electrons. The minimum Gasteiger partial charge on any atom is -0.461 e. The summed E-state index contributed by atoms with van der Waals surface area (Å²) in [5.74, 6) is 2.52. The van der Waals surface area contributed by atoms with E-state index in [-0.39, 0.29) is 0 Å². The summed E-state index contributed by atoms with van der Waals surface area (Å²) in [6.45, 7) is 3.23. The summed E-state index contributed by atoms with van der Waals surface area (Å²) in [7, 11) is 2.04. The average Bonchev–Trinajstić information content (AvgIpc) is 2.94. The Kier molecular flexibility index (Phi) is 3.13. The second-order valence-electron chi connectivity index (χ2n) is 5.55. The topological polar surface area (TPSA) is 25.2 Å². The van der Waals surface area contributed by atoms with E-state index in [0.29, 0.717) is 5.92 Å². The molecule has 18 heavy (non-hydrogen) atoms. The zero-order valence-electron chi connectivity index (χ0n) is 11.2. The van der Waals surface area contributed by atoms with E-state index in [4.69, 9.17) is 4.42 Å². The number of fused-ring (bicyclic) bond motifs is 1. The van der Waals surface area contributed by atoms with E-state index in [1.807, 2.05) is 7.05 Å². The quantitative estimate of drug-likeness (QED) is 0.886. The van der Waals surface area contributed by atoms with Gasteiger partial charge in [-0.2, -0.15) is 0 Å². The maximum atomic E-state index is 6.06. The first-order valence-corrected chi connectivity index (χ1v) is 6.92. The highest BCUT2D eigenvalue weighted by molar-refractivity contribution is 5.78. The Bertz CT molecular complexity index is 543. The number of aryl methyl sites for hydroxylation is 1. The number of rotatable bonds is 3. The summed E-state index contributed by atoms with van der Waals surface area (Å²) in [4.78, 5) is 0. The normalized spacial score (nSPS) is 23.9. The molecule has 0 amide bonds. The molecule has 2 heteroatoms. The Labute approximate surface area is 108 Å². The molecule has 1 N–H and O–H groups in total. The fraction of sp³-hybridized carbons (Fsp3) is 0.500. The number of benzene rings is 1. The van der Waals surface area contributed by atoms with Crippen molar-refractivity contribution in [1.29, 1.82) is 0 Å². The molecule has 1 aliphatic rings. The van der Waals surface area contributed by atoms with Crippen molar-refractivity contribution in [3.63, 3.8) is 0 Å². The smallest absolute Gasteiger partial charge is 0.134 e. The lowest BCUT2D eigenvalue weighted by Gasteiger charge is -2.16. The number of furan rings is 1. The van der Waals surface area contributed by atoms with E-state index in [1.54, 1.807) is 0 Å². The van der Waals surface area contributed by atoms with Gasteiger partial charge in [0.15, 0.2) is 0 Å². The van der Waals surface area contributed by atoms with E-state index in [0.717, 1.165) is 18.0 Å². The molecule has 3 rings (SSSR count). The fourth-order valence-corrected chi connectivity index (χ4v) is 3.28. The van der Waals surface area contributed by atoms with Crippen LogP contribution < -0.4 is 5.32 Å². The van der Waals surface area contributed by atoms with Gasteiger partial charge in [-0.15, -0.1) is 0 Å². The van der Waals surface area contributed by atoms with Crippen molar-refractivity contribution in [3.05, 3.63) is 35.6 Å². The molecular weight excluding hydrogens is 222 g/mol. The van der Waals surface area contributed by atoms with Crippen LogP contribution in [0.1, 0.15) is 36.5 Å². The van der Waals surface area contributed by atoms with Crippen LogP contribution in [0, 0.1) is 12.8 Å². The van der Waals surface area contributed by atoms with Gasteiger partial charge >= 0.3 is 0 Å². The molecule has 0 bridgehead atoms. The summed E-state index contributed by atoms with van der Waals surface area (Å²) in [6.07, 6.45) is 3.92. The van der Waals surface area contributed by atoms with E-state index in [1.165, 1.54) is 36.0 Å². The van der Waals surface area contributed by atoms with Crippen LogP contribution in [-0.4, -0.2) is 13.6 Å². The van der Waals surface area contributed by atoms with Crippen molar-refractivity contribution in [3.8, 4) is 0 Å². The van der Waals surface area contributed by atoms with Crippen LogP contribution >= 0.6 is 0 Å². The van der Waals surface area contributed by atoms with Gasteiger partial charge in [0.25, 0.3) is 0 Å². The van der Waals surface area contributed by atoms with Gasteiger partial charge in [-0.3, -0.25) is 0 Å². The minimum absolute atomic E-state index is 0.602. The van der Waals surface area contributed by atoms with Crippen molar-refractivity contribution in [1.82, 2.24) is 5.32 Å². The Morgan fingerprint density at radius 2 is 2.17 bits per heavy atom. The first-order chi connectivity index (χ1) is 8.78. The molecule has 0 spiro atoms. The van der Waals surface area contributed by atoms with Crippen LogP contribution in [0.15, 0.2) is 28.7 Å². The molecule has 1 saturated carbocycles. The van der Waals surface area contributed by atoms with E-state index < -0.39 is 0 Å². The third-order valence-electron chi connectivity index (χ3n) is 4.18. The van der Waals surface area contributed by atoms with E-state index in [9.17, 15) is 0 Å². The van der Waals surface area contributed by atoms with Gasteiger partial charge in [-0.05, 0) is 57.5 Å². The number of hydrogen-bond donors (Lipinski definition) is 1. The minimum atomic E-state index is 0.602. The Morgan fingerprint density at radius 1 is 1.28 bits per heavy atom. The molecule has 0 radical (unpaired) electrons. The average molecular weight is 243 g/mol. The summed E-state index contributed by atoms with van der Waals surface area (Å²) in [6, 6.07) is 8.68.